The molecule has 0 saturated heterocycles. The van der Waals surface area contributed by atoms with Crippen molar-refractivity contribution < 1.29 is 4.79 Å². The van der Waals surface area contributed by atoms with Crippen LogP contribution in [0.15, 0.2) is 53.3 Å². The van der Waals surface area contributed by atoms with Gasteiger partial charge in [-0.05, 0) is 37.5 Å². The van der Waals surface area contributed by atoms with E-state index in [4.69, 9.17) is 0 Å². The molecule has 4 aromatic rings. The first kappa shape index (κ1) is 20.8. The molecule has 7 nitrogen and oxygen atoms in total. The molecule has 2 aromatic heterocycles. The monoisotopic (exact) mass is 417 g/mol. The average molecular weight is 418 g/mol. The van der Waals surface area contributed by atoms with E-state index in [1.165, 1.54) is 4.68 Å². The number of hydrogen-bond acceptors (Lipinski definition) is 4. The van der Waals surface area contributed by atoms with Crippen LogP contribution in [-0.2, 0) is 13.1 Å². The summed E-state index contributed by atoms with van der Waals surface area (Å²) in [6.45, 7) is 7.76. The predicted molar refractivity (Wildman–Crippen MR) is 122 cm³/mol. The highest BCUT2D eigenvalue weighted by Crippen LogP contribution is 2.16. The molecule has 0 aliphatic carbocycles. The number of fused-ring (bicyclic) bond motifs is 2. The van der Waals surface area contributed by atoms with Gasteiger partial charge in [0.2, 0.25) is 0 Å². The first-order valence-corrected chi connectivity index (χ1v) is 10.7. The lowest BCUT2D eigenvalue weighted by Crippen LogP contribution is -2.32. The zero-order valence-corrected chi connectivity index (χ0v) is 18.1. The van der Waals surface area contributed by atoms with E-state index in [1.807, 2.05) is 51.1 Å². The van der Waals surface area contributed by atoms with Crippen molar-refractivity contribution in [2.45, 2.75) is 40.3 Å². The number of nitrogens with zero attached hydrogens (tertiary/aromatic N) is 4. The summed E-state index contributed by atoms with van der Waals surface area (Å²) in [5.41, 5.74) is 2.20. The summed E-state index contributed by atoms with van der Waals surface area (Å²) < 4.78 is 3.57. The van der Waals surface area contributed by atoms with Gasteiger partial charge in [-0.2, -0.15) is 5.10 Å². The number of carbonyl (C=O) groups is 1. The van der Waals surface area contributed by atoms with Gasteiger partial charge in [0.15, 0.2) is 5.69 Å². The van der Waals surface area contributed by atoms with Crippen LogP contribution < -0.4 is 10.9 Å². The van der Waals surface area contributed by atoms with Crippen LogP contribution in [-0.4, -0.2) is 31.8 Å². The summed E-state index contributed by atoms with van der Waals surface area (Å²) in [6.07, 6.45) is 0.760. The molecule has 0 aliphatic rings. The lowest BCUT2D eigenvalue weighted by molar-refractivity contribution is 0.0947. The molecule has 0 unspecified atom stereocenters. The van der Waals surface area contributed by atoms with Gasteiger partial charge in [-0.25, -0.2) is 9.67 Å². The number of aryl methyl sites for hydroxylation is 2. The molecular formula is C24H27N5O2. The van der Waals surface area contributed by atoms with Crippen LogP contribution in [0.3, 0.4) is 0 Å². The summed E-state index contributed by atoms with van der Waals surface area (Å²) in [5.74, 6) is 0.942. The van der Waals surface area contributed by atoms with E-state index in [0.29, 0.717) is 29.6 Å². The summed E-state index contributed by atoms with van der Waals surface area (Å²) in [4.78, 5) is 30.3. The summed E-state index contributed by atoms with van der Waals surface area (Å²) >= 11 is 0. The molecule has 1 amide bonds. The summed E-state index contributed by atoms with van der Waals surface area (Å²) in [5, 5.41) is 8.47. The van der Waals surface area contributed by atoms with Gasteiger partial charge in [0.05, 0.1) is 16.4 Å². The van der Waals surface area contributed by atoms with Crippen molar-refractivity contribution >= 4 is 27.7 Å². The van der Waals surface area contributed by atoms with Crippen molar-refractivity contribution in [2.75, 3.05) is 6.54 Å². The molecule has 0 saturated carbocycles. The normalized spacial score (nSPS) is 11.5. The first-order valence-electron chi connectivity index (χ1n) is 10.7. The van der Waals surface area contributed by atoms with Crippen molar-refractivity contribution in [1.82, 2.24) is 24.6 Å². The van der Waals surface area contributed by atoms with Crippen LogP contribution in [0, 0.1) is 12.8 Å². The van der Waals surface area contributed by atoms with Crippen LogP contribution >= 0.6 is 0 Å². The standard InChI is InChI=1S/C24H27N5O2/c1-16(2)15-29-24(31)19-10-5-4-9-18(19)22(27-29)23(30)25-13-8-14-28-17(3)26-20-11-6-7-12-21(20)28/h4-7,9-12,16H,8,13-15H2,1-3H3,(H,25,30). The number of hydrogen-bond donors (Lipinski definition) is 1. The minimum Gasteiger partial charge on any atom is -0.351 e. The third-order valence-electron chi connectivity index (χ3n) is 5.31. The van der Waals surface area contributed by atoms with Crippen LogP contribution in [0.1, 0.15) is 36.6 Å². The molecule has 0 aliphatic heterocycles. The van der Waals surface area contributed by atoms with Gasteiger partial charge >= 0.3 is 0 Å². The molecule has 0 bridgehead atoms. The smallest absolute Gasteiger partial charge is 0.274 e. The molecule has 0 spiro atoms. The first-order chi connectivity index (χ1) is 15.0. The Morgan fingerprint density at radius 3 is 2.55 bits per heavy atom. The Morgan fingerprint density at radius 1 is 1.06 bits per heavy atom. The minimum atomic E-state index is -0.263. The maximum absolute atomic E-state index is 12.9. The second-order valence-corrected chi connectivity index (χ2v) is 8.18. The van der Waals surface area contributed by atoms with E-state index in [0.717, 1.165) is 29.8 Å². The minimum absolute atomic E-state index is 0.164. The third-order valence-corrected chi connectivity index (χ3v) is 5.31. The highest BCUT2D eigenvalue weighted by molar-refractivity contribution is 6.04. The van der Waals surface area contributed by atoms with Gasteiger partial charge in [0.1, 0.15) is 5.82 Å². The Hall–Kier alpha value is -3.48. The van der Waals surface area contributed by atoms with Crippen molar-refractivity contribution in [3.05, 3.63) is 70.4 Å². The molecule has 7 heteroatoms. The second-order valence-electron chi connectivity index (χ2n) is 8.18. The second kappa shape index (κ2) is 8.71. The fourth-order valence-electron chi connectivity index (χ4n) is 3.87. The van der Waals surface area contributed by atoms with E-state index in [9.17, 15) is 9.59 Å². The van der Waals surface area contributed by atoms with E-state index in [1.54, 1.807) is 12.1 Å². The molecule has 31 heavy (non-hydrogen) atoms. The summed E-state index contributed by atoms with van der Waals surface area (Å²) in [7, 11) is 0. The molecule has 4 rings (SSSR count). The number of aromatic nitrogens is 4. The molecule has 2 heterocycles. The van der Waals surface area contributed by atoms with E-state index in [-0.39, 0.29) is 17.4 Å². The van der Waals surface area contributed by atoms with Crippen molar-refractivity contribution in [1.29, 1.82) is 0 Å². The topological polar surface area (TPSA) is 81.8 Å². The van der Waals surface area contributed by atoms with Gasteiger partial charge in [0, 0.05) is 25.0 Å². The fourth-order valence-corrected chi connectivity index (χ4v) is 3.87. The van der Waals surface area contributed by atoms with E-state index in [2.05, 4.69) is 26.0 Å². The number of benzene rings is 2. The molecular weight excluding hydrogens is 390 g/mol. The van der Waals surface area contributed by atoms with Crippen LogP contribution in [0.25, 0.3) is 21.8 Å². The Labute approximate surface area is 180 Å². The largest absolute Gasteiger partial charge is 0.351 e. The zero-order chi connectivity index (χ0) is 22.0. The van der Waals surface area contributed by atoms with Gasteiger partial charge < -0.3 is 9.88 Å². The Bertz CT molecular complexity index is 1300. The number of imidazole rings is 1. The van der Waals surface area contributed by atoms with Gasteiger partial charge in [0.25, 0.3) is 11.5 Å². The lowest BCUT2D eigenvalue weighted by Gasteiger charge is -2.13. The molecule has 0 fully saturated rings. The van der Waals surface area contributed by atoms with Crippen LogP contribution in [0.5, 0.6) is 0 Å². The van der Waals surface area contributed by atoms with Crippen LogP contribution in [0.4, 0.5) is 0 Å². The van der Waals surface area contributed by atoms with Crippen LogP contribution in [0.2, 0.25) is 0 Å². The average Bonchev–Trinajstić information content (AvgIpc) is 3.08. The number of carbonyl (C=O) groups excluding carboxylic acids is 1. The number of para-hydroxylation sites is 2. The Kier molecular flexibility index (Phi) is 5.84. The third kappa shape index (κ3) is 4.21. The van der Waals surface area contributed by atoms with Gasteiger partial charge in [-0.1, -0.05) is 44.2 Å². The van der Waals surface area contributed by atoms with Crippen molar-refractivity contribution in [2.24, 2.45) is 5.92 Å². The Morgan fingerprint density at radius 2 is 1.77 bits per heavy atom. The van der Waals surface area contributed by atoms with Gasteiger partial charge in [-0.3, -0.25) is 9.59 Å². The molecule has 2 aromatic carbocycles. The maximum Gasteiger partial charge on any atom is 0.274 e. The highest BCUT2D eigenvalue weighted by atomic mass is 16.2. The number of amides is 1. The SMILES string of the molecule is Cc1nc2ccccc2n1CCCNC(=O)c1nn(CC(C)C)c(=O)c2ccccc12. The highest BCUT2D eigenvalue weighted by Gasteiger charge is 2.17. The fraction of sp³-hybridized carbons (Fsp3) is 0.333. The summed E-state index contributed by atoms with van der Waals surface area (Å²) in [6, 6.07) is 15.2. The lowest BCUT2D eigenvalue weighted by atomic mass is 10.1. The molecule has 0 radical (unpaired) electrons. The quantitative estimate of drug-likeness (QED) is 0.467. The van der Waals surface area contributed by atoms with E-state index < -0.39 is 0 Å². The van der Waals surface area contributed by atoms with Gasteiger partial charge in [-0.15, -0.1) is 0 Å². The van der Waals surface area contributed by atoms with Crippen molar-refractivity contribution in [3.63, 3.8) is 0 Å². The van der Waals surface area contributed by atoms with Crippen molar-refractivity contribution in [3.8, 4) is 0 Å². The molecule has 1 N–H and O–H groups in total. The molecule has 160 valence electrons. The predicted octanol–water partition coefficient (Wildman–Crippen LogP) is 3.53. The number of nitrogens with one attached hydrogen (secondary N) is 1. The zero-order valence-electron chi connectivity index (χ0n) is 18.1. The maximum atomic E-state index is 12.9. The Balaban J connectivity index is 1.50. The van der Waals surface area contributed by atoms with E-state index >= 15 is 0 Å². The number of rotatable bonds is 7. The molecule has 0 atom stereocenters.